The zero-order chi connectivity index (χ0) is 11.8. The van der Waals surface area contributed by atoms with Crippen molar-refractivity contribution in [2.45, 2.75) is 26.3 Å². The summed E-state index contributed by atoms with van der Waals surface area (Å²) in [6, 6.07) is 8.27. The Labute approximate surface area is 110 Å². The second-order valence-electron chi connectivity index (χ2n) is 4.82. The van der Waals surface area contributed by atoms with Gasteiger partial charge in [-0.1, -0.05) is 41.1 Å². The molecule has 0 radical (unpaired) electrons. The standard InChI is InChI=1S/C14H15BrN2/c1-10-6-7-14-16-13(9-17(14)8-10)11-4-2-3-5-12(11)15/h2-5,9-10H,6-8H2,1H3/t10-/m1/s1. The van der Waals surface area contributed by atoms with Gasteiger partial charge in [0.1, 0.15) is 5.82 Å². The van der Waals surface area contributed by atoms with Gasteiger partial charge in [0.2, 0.25) is 0 Å². The lowest BCUT2D eigenvalue weighted by molar-refractivity contribution is 0.394. The molecule has 1 atom stereocenters. The number of fused-ring (bicyclic) bond motifs is 1. The van der Waals surface area contributed by atoms with Gasteiger partial charge in [-0.3, -0.25) is 0 Å². The lowest BCUT2D eigenvalue weighted by Gasteiger charge is -2.19. The number of hydrogen-bond donors (Lipinski definition) is 0. The first-order valence-corrected chi connectivity index (χ1v) is 6.84. The van der Waals surface area contributed by atoms with Crippen LogP contribution in [0.1, 0.15) is 19.2 Å². The van der Waals surface area contributed by atoms with E-state index in [0.717, 1.165) is 29.1 Å². The third-order valence-corrected chi connectivity index (χ3v) is 4.07. The van der Waals surface area contributed by atoms with Crippen molar-refractivity contribution in [3.05, 3.63) is 40.8 Å². The number of aromatic nitrogens is 2. The number of benzene rings is 1. The number of imidazole rings is 1. The monoisotopic (exact) mass is 290 g/mol. The lowest BCUT2D eigenvalue weighted by atomic mass is 10.0. The SMILES string of the molecule is C[C@@H]1CCc2nc(-c3ccccc3Br)cn2C1. The smallest absolute Gasteiger partial charge is 0.109 e. The van der Waals surface area contributed by atoms with Crippen molar-refractivity contribution in [2.75, 3.05) is 0 Å². The van der Waals surface area contributed by atoms with Crippen LogP contribution in [0.5, 0.6) is 0 Å². The molecule has 1 aliphatic rings. The Kier molecular flexibility index (Phi) is 2.79. The van der Waals surface area contributed by atoms with Gasteiger partial charge in [0.05, 0.1) is 5.69 Å². The van der Waals surface area contributed by atoms with Crippen LogP contribution >= 0.6 is 15.9 Å². The molecule has 0 aliphatic carbocycles. The van der Waals surface area contributed by atoms with Gasteiger partial charge in [-0.25, -0.2) is 4.98 Å². The van der Waals surface area contributed by atoms with Crippen LogP contribution in [0.15, 0.2) is 34.9 Å². The highest BCUT2D eigenvalue weighted by atomic mass is 79.9. The Morgan fingerprint density at radius 1 is 1.35 bits per heavy atom. The van der Waals surface area contributed by atoms with E-state index in [1.807, 2.05) is 6.07 Å². The van der Waals surface area contributed by atoms with Gasteiger partial charge in [-0.2, -0.15) is 0 Å². The molecule has 0 unspecified atom stereocenters. The first-order valence-electron chi connectivity index (χ1n) is 6.05. The number of halogens is 1. The zero-order valence-electron chi connectivity index (χ0n) is 9.86. The summed E-state index contributed by atoms with van der Waals surface area (Å²) in [6.07, 6.45) is 4.54. The van der Waals surface area contributed by atoms with Gasteiger partial charge in [0.25, 0.3) is 0 Å². The van der Waals surface area contributed by atoms with E-state index < -0.39 is 0 Å². The van der Waals surface area contributed by atoms with Crippen LogP contribution < -0.4 is 0 Å². The first kappa shape index (κ1) is 11.0. The van der Waals surface area contributed by atoms with Crippen molar-refractivity contribution in [3.63, 3.8) is 0 Å². The number of rotatable bonds is 1. The van der Waals surface area contributed by atoms with Gasteiger partial charge >= 0.3 is 0 Å². The minimum Gasteiger partial charge on any atom is -0.334 e. The van der Waals surface area contributed by atoms with E-state index in [-0.39, 0.29) is 0 Å². The molecule has 3 heteroatoms. The molecule has 0 saturated heterocycles. The molecule has 1 aromatic carbocycles. The number of nitrogens with zero attached hydrogens (tertiary/aromatic N) is 2. The lowest BCUT2D eigenvalue weighted by Crippen LogP contribution is -2.17. The van der Waals surface area contributed by atoms with Gasteiger partial charge in [-0.05, 0) is 18.4 Å². The third kappa shape index (κ3) is 2.04. The van der Waals surface area contributed by atoms with Crippen LogP contribution in [-0.2, 0) is 13.0 Å². The number of hydrogen-bond acceptors (Lipinski definition) is 1. The van der Waals surface area contributed by atoms with Crippen molar-refractivity contribution in [3.8, 4) is 11.3 Å². The number of aryl methyl sites for hydroxylation is 1. The maximum Gasteiger partial charge on any atom is 0.109 e. The van der Waals surface area contributed by atoms with Crippen molar-refractivity contribution >= 4 is 15.9 Å². The van der Waals surface area contributed by atoms with E-state index in [4.69, 9.17) is 4.98 Å². The highest BCUT2D eigenvalue weighted by molar-refractivity contribution is 9.10. The molecule has 0 spiro atoms. The van der Waals surface area contributed by atoms with Gasteiger partial charge in [0, 0.05) is 29.2 Å². The average molecular weight is 291 g/mol. The zero-order valence-corrected chi connectivity index (χ0v) is 11.4. The summed E-state index contributed by atoms with van der Waals surface area (Å²) in [4.78, 5) is 4.75. The molecule has 0 bridgehead atoms. The summed E-state index contributed by atoms with van der Waals surface area (Å²) < 4.78 is 3.42. The van der Waals surface area contributed by atoms with E-state index in [0.29, 0.717) is 0 Å². The fourth-order valence-corrected chi connectivity index (χ4v) is 2.90. The highest BCUT2D eigenvalue weighted by Crippen LogP contribution is 2.29. The third-order valence-electron chi connectivity index (χ3n) is 3.38. The van der Waals surface area contributed by atoms with Gasteiger partial charge in [0.15, 0.2) is 0 Å². The van der Waals surface area contributed by atoms with Crippen molar-refractivity contribution in [2.24, 2.45) is 5.92 Å². The van der Waals surface area contributed by atoms with Crippen LogP contribution in [0.2, 0.25) is 0 Å². The van der Waals surface area contributed by atoms with Crippen molar-refractivity contribution in [1.29, 1.82) is 0 Å². The molecule has 1 aliphatic heterocycles. The molecule has 2 nitrogen and oxygen atoms in total. The van der Waals surface area contributed by atoms with Crippen LogP contribution in [-0.4, -0.2) is 9.55 Å². The van der Waals surface area contributed by atoms with E-state index in [9.17, 15) is 0 Å². The Morgan fingerprint density at radius 2 is 2.18 bits per heavy atom. The summed E-state index contributed by atoms with van der Waals surface area (Å²) in [5.74, 6) is 2.00. The molecule has 0 amide bonds. The Bertz CT molecular complexity index is 545. The summed E-state index contributed by atoms with van der Waals surface area (Å²) in [5.41, 5.74) is 2.27. The molecule has 2 aromatic rings. The minimum atomic E-state index is 0.767. The van der Waals surface area contributed by atoms with Crippen LogP contribution in [0.4, 0.5) is 0 Å². The van der Waals surface area contributed by atoms with Crippen LogP contribution in [0.25, 0.3) is 11.3 Å². The van der Waals surface area contributed by atoms with Gasteiger partial charge < -0.3 is 4.57 Å². The minimum absolute atomic E-state index is 0.767. The maximum absolute atomic E-state index is 4.75. The fourth-order valence-electron chi connectivity index (χ4n) is 2.41. The molecule has 17 heavy (non-hydrogen) atoms. The maximum atomic E-state index is 4.75. The largest absolute Gasteiger partial charge is 0.334 e. The predicted molar refractivity (Wildman–Crippen MR) is 72.8 cm³/mol. The summed E-state index contributed by atoms with van der Waals surface area (Å²) in [7, 11) is 0. The van der Waals surface area contributed by atoms with Crippen LogP contribution in [0.3, 0.4) is 0 Å². The quantitative estimate of drug-likeness (QED) is 0.779. The molecule has 1 aromatic heterocycles. The highest BCUT2D eigenvalue weighted by Gasteiger charge is 2.18. The first-order chi connectivity index (χ1) is 8.24. The molecular formula is C14H15BrN2. The average Bonchev–Trinajstić information content (AvgIpc) is 2.72. The molecule has 2 heterocycles. The molecule has 3 rings (SSSR count). The summed E-state index contributed by atoms with van der Waals surface area (Å²) in [6.45, 7) is 3.41. The van der Waals surface area contributed by atoms with Crippen molar-refractivity contribution in [1.82, 2.24) is 9.55 Å². The summed E-state index contributed by atoms with van der Waals surface area (Å²) >= 11 is 3.59. The van der Waals surface area contributed by atoms with E-state index in [2.05, 4.69) is 51.8 Å². The molecule has 0 fully saturated rings. The molecule has 88 valence electrons. The molecule has 0 N–H and O–H groups in total. The second kappa shape index (κ2) is 4.30. The van der Waals surface area contributed by atoms with E-state index in [1.54, 1.807) is 0 Å². The topological polar surface area (TPSA) is 17.8 Å². The fraction of sp³-hybridized carbons (Fsp3) is 0.357. The van der Waals surface area contributed by atoms with E-state index >= 15 is 0 Å². The molecular weight excluding hydrogens is 276 g/mol. The second-order valence-corrected chi connectivity index (χ2v) is 5.67. The van der Waals surface area contributed by atoms with Crippen LogP contribution in [0, 0.1) is 5.92 Å². The van der Waals surface area contributed by atoms with Gasteiger partial charge in [-0.15, -0.1) is 0 Å². The Balaban J connectivity index is 2.03. The van der Waals surface area contributed by atoms with Crippen molar-refractivity contribution < 1.29 is 0 Å². The summed E-state index contributed by atoms with van der Waals surface area (Å²) in [5, 5.41) is 0. The molecule has 0 saturated carbocycles. The normalized spacial score (nSPS) is 19.1. The van der Waals surface area contributed by atoms with E-state index in [1.165, 1.54) is 17.8 Å². The predicted octanol–water partition coefficient (Wildman–Crippen LogP) is 3.89. The Morgan fingerprint density at radius 3 is 3.00 bits per heavy atom. The Hall–Kier alpha value is -1.09.